The molecule has 9 N–H and O–H groups in total. The second-order valence-electron chi connectivity index (χ2n) is 12.7. The lowest BCUT2D eigenvalue weighted by atomic mass is 9.98. The number of amides is 3. The average Bonchev–Trinajstić information content (AvgIpc) is 3.88. The van der Waals surface area contributed by atoms with E-state index in [-0.39, 0.29) is 43.3 Å². The summed E-state index contributed by atoms with van der Waals surface area (Å²) in [5, 5.41) is 45.7. The Labute approximate surface area is 315 Å². The van der Waals surface area contributed by atoms with Crippen LogP contribution in [0.15, 0.2) is 33.3 Å². The summed E-state index contributed by atoms with van der Waals surface area (Å²) in [6.07, 6.45) is 0.720. The molecule has 3 aromatic rings. The van der Waals surface area contributed by atoms with Crippen LogP contribution in [0.5, 0.6) is 11.5 Å². The number of benzene rings is 1. The van der Waals surface area contributed by atoms with Crippen molar-refractivity contribution in [2.24, 2.45) is 5.16 Å². The number of anilines is 1. The number of carboxylic acids is 1. The van der Waals surface area contributed by atoms with E-state index in [2.05, 4.69) is 36.1 Å². The number of phenolic OH excluding ortho intramolecular Hbond substituents is 2. The van der Waals surface area contributed by atoms with Crippen LogP contribution >= 0.6 is 22.9 Å². The number of aromatic hydroxyl groups is 2. The first-order valence-corrected chi connectivity index (χ1v) is 18.7. The minimum Gasteiger partial charge on any atom is -0.504 e. The number of likely N-dealkylation sites (tertiary alicyclic amines) is 1. The van der Waals surface area contributed by atoms with Gasteiger partial charge >= 0.3 is 16.3 Å². The van der Waals surface area contributed by atoms with Gasteiger partial charge < -0.3 is 51.3 Å². The van der Waals surface area contributed by atoms with Crippen LogP contribution in [-0.4, -0.2) is 127 Å². The molecule has 2 aliphatic rings. The van der Waals surface area contributed by atoms with Gasteiger partial charge in [-0.2, -0.15) is 8.42 Å². The Balaban J connectivity index is 1.17. The lowest BCUT2D eigenvalue weighted by Crippen LogP contribution is -2.74. The van der Waals surface area contributed by atoms with E-state index >= 15 is 0 Å². The molecule has 5 rings (SSSR count). The Morgan fingerprint density at radius 1 is 1.26 bits per heavy atom. The summed E-state index contributed by atoms with van der Waals surface area (Å²) in [6, 6.07) is 1.29. The number of carbonyl (C=O) groups excluding carboxylic acids is 3. The Bertz CT molecular complexity index is 2070. The highest BCUT2D eigenvalue weighted by atomic mass is 35.5. The first kappa shape index (κ1) is 40.1. The maximum absolute atomic E-state index is 13.3. The standard InChI is InChI=1S/C30H36ClN9O12S2/c1-30(2,28(46)47)52-38-22(17-13-53-29(32)35-17)26(44)36-23-18(40(27(23)45)54(48,49)50)11-34-25(43)20-9-16(37-51-20)15-5-7-39(12-15)8-6-33-10-14-3-4-19(41)24(42)21(14)31/h3-4,9,13,15,18,23,33,41-42H,5-8,10-12H2,1-2H3,(H2,32,35)(H,34,43)(H,36,44)(H,46,47)(H,48,49,50)/b38-22-/t15-,18-,23+/m1/s1. The van der Waals surface area contributed by atoms with Crippen LogP contribution in [0.4, 0.5) is 5.13 Å². The highest BCUT2D eigenvalue weighted by Crippen LogP contribution is 2.35. The summed E-state index contributed by atoms with van der Waals surface area (Å²) in [4.78, 5) is 61.8. The molecule has 2 aliphatic heterocycles. The fraction of sp³-hybridized carbons (Fsp3) is 0.433. The first-order chi connectivity index (χ1) is 25.4. The zero-order valence-electron chi connectivity index (χ0n) is 28.6. The minimum absolute atomic E-state index is 0.0198. The Hall–Kier alpha value is -5.07. The average molecular weight is 814 g/mol. The number of nitrogen functional groups attached to an aromatic ring is 1. The van der Waals surface area contributed by atoms with Gasteiger partial charge in [0.15, 0.2) is 22.3 Å². The molecule has 54 heavy (non-hydrogen) atoms. The smallest absolute Gasteiger partial charge is 0.362 e. The molecule has 3 atom stereocenters. The summed E-state index contributed by atoms with van der Waals surface area (Å²) < 4.78 is 39.1. The van der Waals surface area contributed by atoms with Gasteiger partial charge in [-0.1, -0.05) is 28.0 Å². The second kappa shape index (κ2) is 16.1. The van der Waals surface area contributed by atoms with Crippen LogP contribution in [0.1, 0.15) is 53.7 Å². The number of β-lactam (4-membered cyclic amide) rings is 1. The fourth-order valence-electron chi connectivity index (χ4n) is 5.51. The molecule has 3 amide bonds. The number of hydrogen-bond donors (Lipinski definition) is 8. The van der Waals surface area contributed by atoms with E-state index in [9.17, 15) is 47.5 Å². The Morgan fingerprint density at radius 2 is 2.00 bits per heavy atom. The minimum atomic E-state index is -5.13. The zero-order chi connectivity index (χ0) is 39.5. The van der Waals surface area contributed by atoms with E-state index in [1.54, 1.807) is 6.07 Å². The monoisotopic (exact) mass is 813 g/mol. The Kier molecular flexibility index (Phi) is 12.0. The number of thiazole rings is 1. The largest absolute Gasteiger partial charge is 0.504 e. The van der Waals surface area contributed by atoms with Gasteiger partial charge in [-0.25, -0.2) is 14.1 Å². The van der Waals surface area contributed by atoms with E-state index in [4.69, 9.17) is 26.7 Å². The molecule has 1 aromatic carbocycles. The lowest BCUT2D eigenvalue weighted by molar-refractivity contribution is -0.161. The molecule has 2 saturated heterocycles. The summed E-state index contributed by atoms with van der Waals surface area (Å²) >= 11 is 7.00. The van der Waals surface area contributed by atoms with Crippen LogP contribution < -0.4 is 21.7 Å². The van der Waals surface area contributed by atoms with Crippen molar-refractivity contribution in [3.05, 3.63) is 51.3 Å². The van der Waals surface area contributed by atoms with Crippen molar-refractivity contribution in [3.63, 3.8) is 0 Å². The summed E-state index contributed by atoms with van der Waals surface area (Å²) in [6.45, 7) is 4.73. The summed E-state index contributed by atoms with van der Waals surface area (Å²) in [5.74, 6) is -5.56. The van der Waals surface area contributed by atoms with Crippen molar-refractivity contribution in [3.8, 4) is 11.5 Å². The van der Waals surface area contributed by atoms with Crippen LogP contribution in [0.25, 0.3) is 0 Å². The number of aliphatic carboxylic acids is 1. The van der Waals surface area contributed by atoms with Gasteiger partial charge in [-0.15, -0.1) is 11.3 Å². The van der Waals surface area contributed by atoms with Crippen molar-refractivity contribution < 1.29 is 56.8 Å². The molecule has 0 aliphatic carbocycles. The topological polar surface area (TPSA) is 312 Å². The molecule has 24 heteroatoms. The van der Waals surface area contributed by atoms with Crippen LogP contribution in [0.2, 0.25) is 5.02 Å². The molecule has 0 spiro atoms. The number of rotatable bonds is 16. The number of hydrogen-bond acceptors (Lipinski definition) is 17. The molecular formula is C30H36ClN9O12S2. The molecule has 21 nitrogen and oxygen atoms in total. The van der Waals surface area contributed by atoms with Crippen LogP contribution in [0, 0.1) is 0 Å². The SMILES string of the molecule is CC(C)(O/N=C(\C(=O)N[C@@H]1C(=O)N(S(=O)(=O)O)[C@@H]1CNC(=O)c1cc([C@@H]2CCN(CCNCc3ccc(O)c(O)c3Cl)C2)no1)c1csc(N)n1)C(=O)O. The number of oxime groups is 1. The number of carbonyl (C=O) groups is 4. The van der Waals surface area contributed by atoms with Gasteiger partial charge in [0.25, 0.3) is 17.7 Å². The van der Waals surface area contributed by atoms with Gasteiger partial charge in [-0.3, -0.25) is 18.9 Å². The predicted molar refractivity (Wildman–Crippen MR) is 189 cm³/mol. The number of phenols is 2. The molecule has 2 aromatic heterocycles. The molecule has 2 fully saturated rings. The maximum atomic E-state index is 13.3. The predicted octanol–water partition coefficient (Wildman–Crippen LogP) is -0.131. The van der Waals surface area contributed by atoms with E-state index in [0.717, 1.165) is 38.1 Å². The summed E-state index contributed by atoms with van der Waals surface area (Å²) in [5.41, 5.74) is 4.18. The fourth-order valence-corrected chi connectivity index (χ4v) is 7.17. The lowest BCUT2D eigenvalue weighted by Gasteiger charge is -2.44. The molecule has 0 saturated carbocycles. The van der Waals surface area contributed by atoms with Crippen molar-refractivity contribution in [1.29, 1.82) is 0 Å². The van der Waals surface area contributed by atoms with Crippen molar-refractivity contribution in [2.45, 2.75) is 50.4 Å². The van der Waals surface area contributed by atoms with Gasteiger partial charge in [0.05, 0.1) is 16.8 Å². The van der Waals surface area contributed by atoms with E-state index in [0.29, 0.717) is 37.4 Å². The van der Waals surface area contributed by atoms with Gasteiger partial charge in [0.2, 0.25) is 11.4 Å². The number of aromatic nitrogens is 2. The maximum Gasteiger partial charge on any atom is 0.362 e. The van der Waals surface area contributed by atoms with Crippen molar-refractivity contribution in [1.82, 2.24) is 35.3 Å². The summed E-state index contributed by atoms with van der Waals surface area (Å²) in [7, 11) is -5.13. The van der Waals surface area contributed by atoms with E-state index in [1.165, 1.54) is 17.5 Å². The number of halogens is 1. The molecule has 0 bridgehead atoms. The Morgan fingerprint density at radius 3 is 2.67 bits per heavy atom. The molecular weight excluding hydrogens is 778 g/mol. The van der Waals surface area contributed by atoms with Gasteiger partial charge in [0, 0.05) is 50.1 Å². The van der Waals surface area contributed by atoms with Gasteiger partial charge in [-0.05, 0) is 38.4 Å². The quantitative estimate of drug-likeness (QED) is 0.0233. The molecule has 292 valence electrons. The number of nitrogens with one attached hydrogen (secondary N) is 3. The first-order valence-electron chi connectivity index (χ1n) is 16.1. The zero-order valence-corrected chi connectivity index (χ0v) is 30.9. The van der Waals surface area contributed by atoms with Gasteiger partial charge in [0.1, 0.15) is 11.7 Å². The van der Waals surface area contributed by atoms with E-state index < -0.39 is 63.9 Å². The second-order valence-corrected chi connectivity index (χ2v) is 15.3. The highest BCUT2D eigenvalue weighted by molar-refractivity contribution is 7.84. The third-order valence-corrected chi connectivity index (χ3v) is 10.6. The number of carboxylic acid groups (broad SMARTS) is 1. The highest BCUT2D eigenvalue weighted by Gasteiger charge is 2.54. The molecule has 0 radical (unpaired) electrons. The van der Waals surface area contributed by atoms with Crippen LogP contribution in [0.3, 0.4) is 0 Å². The van der Waals surface area contributed by atoms with Crippen LogP contribution in [-0.2, 0) is 36.1 Å². The van der Waals surface area contributed by atoms with E-state index in [1.807, 2.05) is 0 Å². The van der Waals surface area contributed by atoms with Crippen molar-refractivity contribution in [2.75, 3.05) is 38.5 Å². The third kappa shape index (κ3) is 8.99. The number of nitrogens with two attached hydrogens (primary N) is 1. The molecule has 4 heterocycles. The third-order valence-electron chi connectivity index (χ3n) is 8.57. The normalized spacial score (nSPS) is 19.4. The van der Waals surface area contributed by atoms with Crippen molar-refractivity contribution >= 4 is 67.8 Å². The number of nitrogens with zero attached hydrogens (tertiary/aromatic N) is 5. The molecule has 0 unspecified atom stereocenters.